The molecule has 0 saturated carbocycles. The van der Waals surface area contributed by atoms with Crippen molar-refractivity contribution in [1.82, 2.24) is 0 Å². The van der Waals surface area contributed by atoms with Gasteiger partial charge in [-0.3, -0.25) is 4.79 Å². The highest BCUT2D eigenvalue weighted by atomic mass is 16.7. The molecular formula is C47H90O9. The molecule has 1 rings (SSSR count). The molecule has 1 heterocycles. The molecule has 1 saturated heterocycles. The van der Waals surface area contributed by atoms with Crippen molar-refractivity contribution in [3.8, 4) is 0 Å². The summed E-state index contributed by atoms with van der Waals surface area (Å²) >= 11 is 0. The van der Waals surface area contributed by atoms with E-state index < -0.39 is 43.4 Å². The van der Waals surface area contributed by atoms with E-state index in [-0.39, 0.29) is 19.2 Å². The van der Waals surface area contributed by atoms with E-state index >= 15 is 0 Å². The largest absolute Gasteiger partial charge is 0.457 e. The lowest BCUT2D eigenvalue weighted by atomic mass is 9.99. The number of unbranched alkanes of at least 4 members (excludes halogenated alkanes) is 28. The van der Waals surface area contributed by atoms with Gasteiger partial charge < -0.3 is 39.4 Å². The van der Waals surface area contributed by atoms with Crippen molar-refractivity contribution in [2.75, 3.05) is 26.4 Å². The molecule has 1 fully saturated rings. The highest BCUT2D eigenvalue weighted by Gasteiger charge is 2.44. The standard InChI is InChI=1S/C47H90O9/c1-3-5-7-9-11-13-15-17-18-19-20-21-22-23-24-25-26-28-30-32-34-36-43(49)55-41(40-54-47-46(52)45(51)44(50)42(38-48)56-47)39-53-37-35-33-31-29-27-16-14-12-10-8-6-4-2/h19-20,41-42,44-48,50-52H,3-18,21-40H2,1-2H3/b20-19-. The Bertz CT molecular complexity index is 869. The van der Waals surface area contributed by atoms with Gasteiger partial charge in [-0.05, 0) is 38.5 Å². The van der Waals surface area contributed by atoms with Gasteiger partial charge in [-0.1, -0.05) is 187 Å². The SMILES string of the molecule is CCCCCCCCCC/C=C\CCCCCCCCCCCC(=O)OC(COCCCCCCCCCCCCCC)COC1OC(CO)C(O)C(O)C1O. The van der Waals surface area contributed by atoms with E-state index in [9.17, 15) is 25.2 Å². The summed E-state index contributed by atoms with van der Waals surface area (Å²) in [6.07, 6.45) is 36.7. The van der Waals surface area contributed by atoms with E-state index in [1.807, 2.05) is 0 Å². The maximum atomic E-state index is 12.8. The van der Waals surface area contributed by atoms with E-state index in [1.165, 1.54) is 167 Å². The fourth-order valence-electron chi connectivity index (χ4n) is 7.43. The first kappa shape index (κ1) is 52.9. The molecule has 4 N–H and O–H groups in total. The fraction of sp³-hybridized carbons (Fsp3) is 0.936. The summed E-state index contributed by atoms with van der Waals surface area (Å²) in [5.41, 5.74) is 0. The van der Waals surface area contributed by atoms with Crippen LogP contribution in [-0.4, -0.2) is 89.6 Å². The second-order valence-corrected chi connectivity index (χ2v) is 16.6. The third-order valence-electron chi connectivity index (χ3n) is 11.2. The highest BCUT2D eigenvalue weighted by molar-refractivity contribution is 5.69. The summed E-state index contributed by atoms with van der Waals surface area (Å²) < 4.78 is 22.8. The Morgan fingerprint density at radius 2 is 0.982 bits per heavy atom. The van der Waals surface area contributed by atoms with Crippen LogP contribution < -0.4 is 0 Å². The zero-order chi connectivity index (χ0) is 40.7. The molecule has 6 atom stereocenters. The average molecular weight is 799 g/mol. The molecule has 9 nitrogen and oxygen atoms in total. The van der Waals surface area contributed by atoms with Gasteiger partial charge in [0.05, 0.1) is 19.8 Å². The smallest absolute Gasteiger partial charge is 0.306 e. The molecule has 6 unspecified atom stereocenters. The summed E-state index contributed by atoms with van der Waals surface area (Å²) in [5, 5.41) is 40.1. The van der Waals surface area contributed by atoms with Crippen molar-refractivity contribution in [3.05, 3.63) is 12.2 Å². The Labute approximate surface area is 344 Å². The molecule has 1 aliphatic rings. The quantitative estimate of drug-likeness (QED) is 0.0271. The van der Waals surface area contributed by atoms with Gasteiger partial charge in [0.2, 0.25) is 0 Å². The second kappa shape index (κ2) is 39.4. The van der Waals surface area contributed by atoms with Crippen LogP contribution >= 0.6 is 0 Å². The second-order valence-electron chi connectivity index (χ2n) is 16.6. The molecule has 9 heteroatoms. The Morgan fingerprint density at radius 1 is 0.554 bits per heavy atom. The molecule has 0 aromatic heterocycles. The normalized spacial score (nSPS) is 20.6. The van der Waals surface area contributed by atoms with Crippen LogP contribution in [0, 0.1) is 0 Å². The maximum absolute atomic E-state index is 12.8. The molecule has 0 aromatic carbocycles. The Balaban J connectivity index is 2.20. The van der Waals surface area contributed by atoms with Gasteiger partial charge in [-0.2, -0.15) is 0 Å². The number of esters is 1. The number of hydrogen-bond acceptors (Lipinski definition) is 9. The minimum Gasteiger partial charge on any atom is -0.457 e. The van der Waals surface area contributed by atoms with Crippen molar-refractivity contribution in [1.29, 1.82) is 0 Å². The van der Waals surface area contributed by atoms with Crippen molar-refractivity contribution in [2.45, 2.75) is 256 Å². The number of carbonyl (C=O) groups is 1. The van der Waals surface area contributed by atoms with Gasteiger partial charge in [-0.15, -0.1) is 0 Å². The van der Waals surface area contributed by atoms with Gasteiger partial charge in [0.15, 0.2) is 6.29 Å². The number of aliphatic hydroxyl groups excluding tert-OH is 4. The molecule has 0 radical (unpaired) electrons. The summed E-state index contributed by atoms with van der Waals surface area (Å²) in [5.74, 6) is -0.312. The predicted octanol–water partition coefficient (Wildman–Crippen LogP) is 10.8. The molecule has 56 heavy (non-hydrogen) atoms. The fourth-order valence-corrected chi connectivity index (χ4v) is 7.43. The van der Waals surface area contributed by atoms with Gasteiger partial charge in [0.1, 0.15) is 30.5 Å². The number of aliphatic hydroxyl groups is 4. The van der Waals surface area contributed by atoms with Crippen LogP contribution in [0.2, 0.25) is 0 Å². The first-order chi connectivity index (χ1) is 27.4. The summed E-state index contributed by atoms with van der Waals surface area (Å²) in [6, 6.07) is 0. The van der Waals surface area contributed by atoms with Gasteiger partial charge in [-0.25, -0.2) is 0 Å². The average Bonchev–Trinajstić information content (AvgIpc) is 3.20. The minimum atomic E-state index is -1.53. The van der Waals surface area contributed by atoms with Gasteiger partial charge >= 0.3 is 5.97 Å². The zero-order valence-electron chi connectivity index (χ0n) is 36.4. The lowest BCUT2D eigenvalue weighted by molar-refractivity contribution is -0.305. The van der Waals surface area contributed by atoms with Crippen LogP contribution in [0.15, 0.2) is 12.2 Å². The number of allylic oxidation sites excluding steroid dienone is 2. The van der Waals surface area contributed by atoms with Crippen molar-refractivity contribution in [2.24, 2.45) is 0 Å². The monoisotopic (exact) mass is 799 g/mol. The zero-order valence-corrected chi connectivity index (χ0v) is 36.4. The maximum Gasteiger partial charge on any atom is 0.306 e. The predicted molar refractivity (Wildman–Crippen MR) is 229 cm³/mol. The van der Waals surface area contributed by atoms with Crippen molar-refractivity contribution >= 4 is 5.97 Å². The Morgan fingerprint density at radius 3 is 1.45 bits per heavy atom. The number of carbonyl (C=O) groups excluding carboxylic acids is 1. The van der Waals surface area contributed by atoms with Gasteiger partial charge in [0.25, 0.3) is 0 Å². The summed E-state index contributed by atoms with van der Waals surface area (Å²) in [6.45, 7) is 4.59. The Hall–Kier alpha value is -1.07. The van der Waals surface area contributed by atoms with Crippen LogP contribution in [0.5, 0.6) is 0 Å². The van der Waals surface area contributed by atoms with E-state index in [0.29, 0.717) is 13.0 Å². The van der Waals surface area contributed by atoms with Crippen molar-refractivity contribution in [3.63, 3.8) is 0 Å². The third-order valence-corrected chi connectivity index (χ3v) is 11.2. The molecule has 0 aromatic rings. The lowest BCUT2D eigenvalue weighted by Crippen LogP contribution is -2.59. The number of hydrogen-bond donors (Lipinski definition) is 4. The molecule has 0 bridgehead atoms. The molecule has 0 aliphatic carbocycles. The molecule has 0 amide bonds. The third kappa shape index (κ3) is 30.0. The van der Waals surface area contributed by atoms with E-state index in [4.69, 9.17) is 18.9 Å². The van der Waals surface area contributed by atoms with E-state index in [1.54, 1.807) is 0 Å². The molecule has 332 valence electrons. The van der Waals surface area contributed by atoms with E-state index in [0.717, 1.165) is 32.1 Å². The molecular weight excluding hydrogens is 709 g/mol. The van der Waals surface area contributed by atoms with Crippen molar-refractivity contribution < 1.29 is 44.2 Å². The minimum absolute atomic E-state index is 0.109. The molecule has 0 spiro atoms. The van der Waals surface area contributed by atoms with Crippen LogP contribution in [0.4, 0.5) is 0 Å². The summed E-state index contributed by atoms with van der Waals surface area (Å²) in [7, 11) is 0. The first-order valence-electron chi connectivity index (χ1n) is 23.8. The van der Waals surface area contributed by atoms with Crippen LogP contribution in [0.25, 0.3) is 0 Å². The molecule has 1 aliphatic heterocycles. The van der Waals surface area contributed by atoms with E-state index in [2.05, 4.69) is 26.0 Å². The topological polar surface area (TPSA) is 135 Å². The van der Waals surface area contributed by atoms with Gasteiger partial charge in [0, 0.05) is 13.0 Å². The van der Waals surface area contributed by atoms with Crippen LogP contribution in [0.1, 0.15) is 219 Å². The number of ether oxygens (including phenoxy) is 4. The summed E-state index contributed by atoms with van der Waals surface area (Å²) in [4.78, 5) is 12.8. The first-order valence-corrected chi connectivity index (χ1v) is 23.8. The highest BCUT2D eigenvalue weighted by Crippen LogP contribution is 2.23. The Kier molecular flexibility index (Phi) is 37.2. The lowest BCUT2D eigenvalue weighted by Gasteiger charge is -2.39. The van der Waals surface area contributed by atoms with Crippen LogP contribution in [0.3, 0.4) is 0 Å². The van der Waals surface area contributed by atoms with Crippen LogP contribution in [-0.2, 0) is 23.7 Å². The number of rotatable bonds is 41.